The van der Waals surface area contributed by atoms with Crippen LogP contribution in [0.25, 0.3) is 0 Å². The summed E-state index contributed by atoms with van der Waals surface area (Å²) in [6, 6.07) is 3.90. The molecule has 1 aromatic carbocycles. The number of aliphatic carboxylic acids is 1. The largest absolute Gasteiger partial charge is 0.480 e. The first kappa shape index (κ1) is 33.2. The fraction of sp³-hybridized carbons (Fsp3) is 0.423. The molecule has 4 amide bonds. The van der Waals surface area contributed by atoms with Gasteiger partial charge < -0.3 is 49.0 Å². The van der Waals surface area contributed by atoms with Crippen LogP contribution in [0.5, 0.6) is 0 Å². The van der Waals surface area contributed by atoms with Gasteiger partial charge in [0.05, 0.1) is 12.4 Å². The molecular formula is C26H38N10O6. The highest BCUT2D eigenvalue weighted by atomic mass is 16.4. The summed E-state index contributed by atoms with van der Waals surface area (Å²) < 4.78 is 0. The van der Waals surface area contributed by atoms with Crippen LogP contribution in [-0.2, 0) is 36.8 Å². The normalized spacial score (nSPS) is 13.5. The van der Waals surface area contributed by atoms with Crippen molar-refractivity contribution >= 4 is 35.6 Å². The van der Waals surface area contributed by atoms with E-state index in [0.717, 1.165) is 0 Å². The molecule has 0 aliphatic rings. The van der Waals surface area contributed by atoms with Crippen LogP contribution < -0.4 is 38.9 Å². The third-order valence-corrected chi connectivity index (χ3v) is 6.12. The number of aromatic nitrogens is 2. The van der Waals surface area contributed by atoms with Crippen LogP contribution in [0.4, 0.5) is 0 Å². The van der Waals surface area contributed by atoms with E-state index in [1.165, 1.54) is 12.5 Å². The van der Waals surface area contributed by atoms with Crippen molar-refractivity contribution in [3.8, 4) is 0 Å². The van der Waals surface area contributed by atoms with E-state index in [-0.39, 0.29) is 51.0 Å². The molecule has 16 heteroatoms. The van der Waals surface area contributed by atoms with Crippen molar-refractivity contribution < 1.29 is 29.1 Å². The summed E-state index contributed by atoms with van der Waals surface area (Å²) in [4.78, 5) is 73.2. The number of nitrogens with two attached hydrogens (primary N) is 4. The Labute approximate surface area is 242 Å². The fourth-order valence-electron chi connectivity index (χ4n) is 3.92. The number of guanidine groups is 1. The number of carboxylic acids is 1. The van der Waals surface area contributed by atoms with Gasteiger partial charge in [0.1, 0.15) is 18.1 Å². The average molecular weight is 587 g/mol. The molecule has 0 saturated carbocycles. The number of carboxylic acid groups (broad SMARTS) is 1. The molecule has 0 aliphatic carbocycles. The first-order chi connectivity index (χ1) is 20.0. The first-order valence-electron chi connectivity index (χ1n) is 13.2. The highest BCUT2D eigenvalue weighted by molar-refractivity contribution is 5.94. The molecule has 0 aliphatic heterocycles. The minimum Gasteiger partial charge on any atom is -0.480 e. The van der Waals surface area contributed by atoms with E-state index in [2.05, 4.69) is 30.9 Å². The Morgan fingerprint density at radius 1 is 0.881 bits per heavy atom. The summed E-state index contributed by atoms with van der Waals surface area (Å²) in [5.74, 6) is -4.35. The zero-order valence-electron chi connectivity index (χ0n) is 23.0. The Bertz CT molecular complexity index is 1220. The van der Waals surface area contributed by atoms with Crippen molar-refractivity contribution in [1.29, 1.82) is 0 Å². The molecule has 16 nitrogen and oxygen atoms in total. The maximum atomic E-state index is 13.4. The molecule has 228 valence electrons. The molecule has 2 rings (SSSR count). The Morgan fingerprint density at radius 2 is 1.52 bits per heavy atom. The average Bonchev–Trinajstić information content (AvgIpc) is 3.45. The van der Waals surface area contributed by atoms with Crippen molar-refractivity contribution in [3.63, 3.8) is 0 Å². The lowest BCUT2D eigenvalue weighted by Crippen LogP contribution is -2.58. The van der Waals surface area contributed by atoms with Gasteiger partial charge in [-0.1, -0.05) is 30.3 Å². The molecule has 0 bridgehead atoms. The van der Waals surface area contributed by atoms with Gasteiger partial charge in [0.15, 0.2) is 5.96 Å². The van der Waals surface area contributed by atoms with Crippen molar-refractivity contribution in [1.82, 2.24) is 25.9 Å². The molecule has 0 saturated heterocycles. The summed E-state index contributed by atoms with van der Waals surface area (Å²) in [6.07, 6.45) is 2.94. The third kappa shape index (κ3) is 12.0. The Kier molecular flexibility index (Phi) is 13.4. The molecule has 4 unspecified atom stereocenters. The zero-order valence-corrected chi connectivity index (χ0v) is 23.0. The number of rotatable bonds is 18. The molecule has 2 aromatic rings. The number of aliphatic imine (C=N–C) groups is 1. The van der Waals surface area contributed by atoms with Crippen LogP contribution in [0.1, 0.15) is 36.9 Å². The number of amides is 4. The van der Waals surface area contributed by atoms with Gasteiger partial charge in [-0.05, 0) is 24.8 Å². The van der Waals surface area contributed by atoms with Crippen LogP contribution in [0.3, 0.4) is 0 Å². The summed E-state index contributed by atoms with van der Waals surface area (Å²) in [5, 5.41) is 17.2. The summed E-state index contributed by atoms with van der Waals surface area (Å²) in [7, 11) is 0. The Morgan fingerprint density at radius 3 is 2.12 bits per heavy atom. The van der Waals surface area contributed by atoms with Crippen molar-refractivity contribution in [3.05, 3.63) is 54.1 Å². The van der Waals surface area contributed by atoms with E-state index < -0.39 is 53.8 Å². The van der Waals surface area contributed by atoms with Gasteiger partial charge in [-0.2, -0.15) is 0 Å². The standard InChI is InChI=1S/C26H38N10O6/c27-17(12-16-13-31-14-33-16)22(38)34-18(8-9-21(28)37)23(39)36-20(11-15-5-2-1-3-6-15)24(40)35-19(25(41)42)7-4-10-32-26(29)30/h1-3,5-6,13-14,17-20H,4,7-12,27H2,(H2,28,37)(H,31,33)(H,34,38)(H,35,40)(H,36,39)(H,41,42)(H4,29,30,32). The first-order valence-corrected chi connectivity index (χ1v) is 13.2. The second-order valence-corrected chi connectivity index (χ2v) is 9.55. The lowest BCUT2D eigenvalue weighted by atomic mass is 10.0. The maximum absolute atomic E-state index is 13.4. The highest BCUT2D eigenvalue weighted by Gasteiger charge is 2.30. The fourth-order valence-corrected chi connectivity index (χ4v) is 3.92. The van der Waals surface area contributed by atoms with E-state index in [4.69, 9.17) is 22.9 Å². The van der Waals surface area contributed by atoms with E-state index in [0.29, 0.717) is 11.3 Å². The molecule has 42 heavy (non-hydrogen) atoms. The molecule has 0 fully saturated rings. The SMILES string of the molecule is NC(=O)CCC(NC(=O)C(N)Cc1cnc[nH]1)C(=O)NC(Cc1ccccc1)C(=O)NC(CCCN=C(N)N)C(=O)O. The van der Waals surface area contributed by atoms with E-state index in [1.807, 2.05) is 0 Å². The molecule has 0 spiro atoms. The lowest BCUT2D eigenvalue weighted by molar-refractivity contribution is -0.142. The van der Waals surface area contributed by atoms with Crippen molar-refractivity contribution in [2.24, 2.45) is 27.9 Å². The number of carbonyl (C=O) groups excluding carboxylic acids is 4. The van der Waals surface area contributed by atoms with Crippen molar-refractivity contribution in [2.75, 3.05) is 6.54 Å². The Balaban J connectivity index is 2.19. The molecule has 13 N–H and O–H groups in total. The predicted molar refractivity (Wildman–Crippen MR) is 152 cm³/mol. The third-order valence-electron chi connectivity index (χ3n) is 6.12. The van der Waals surface area contributed by atoms with Gasteiger partial charge in [0.2, 0.25) is 23.6 Å². The molecular weight excluding hydrogens is 548 g/mol. The van der Waals surface area contributed by atoms with Gasteiger partial charge >= 0.3 is 5.97 Å². The maximum Gasteiger partial charge on any atom is 0.326 e. The van der Waals surface area contributed by atoms with Crippen LogP contribution in [0.15, 0.2) is 47.8 Å². The smallest absolute Gasteiger partial charge is 0.326 e. The number of hydrogen-bond acceptors (Lipinski definition) is 8. The predicted octanol–water partition coefficient (Wildman–Crippen LogP) is -2.62. The van der Waals surface area contributed by atoms with Gasteiger partial charge in [-0.15, -0.1) is 0 Å². The summed E-state index contributed by atoms with van der Waals surface area (Å²) in [5.41, 5.74) is 23.1. The molecule has 1 heterocycles. The lowest BCUT2D eigenvalue weighted by Gasteiger charge is -2.25. The number of imidazole rings is 1. The number of carbonyl (C=O) groups is 5. The van der Waals surface area contributed by atoms with Gasteiger partial charge in [-0.3, -0.25) is 24.2 Å². The van der Waals surface area contributed by atoms with Crippen molar-refractivity contribution in [2.45, 2.75) is 62.7 Å². The van der Waals surface area contributed by atoms with Crippen LogP contribution >= 0.6 is 0 Å². The number of primary amides is 1. The number of benzene rings is 1. The Hall–Kier alpha value is -4.99. The van der Waals surface area contributed by atoms with Gasteiger partial charge in [0.25, 0.3) is 0 Å². The van der Waals surface area contributed by atoms with E-state index >= 15 is 0 Å². The second kappa shape index (κ2) is 17.0. The molecule has 4 atom stereocenters. The number of hydrogen-bond donors (Lipinski definition) is 9. The van der Waals surface area contributed by atoms with E-state index in [9.17, 15) is 29.1 Å². The van der Waals surface area contributed by atoms with Gasteiger partial charge in [-0.25, -0.2) is 9.78 Å². The monoisotopic (exact) mass is 586 g/mol. The topological polar surface area (TPSA) is 287 Å². The van der Waals surface area contributed by atoms with Crippen LogP contribution in [0, 0.1) is 0 Å². The highest BCUT2D eigenvalue weighted by Crippen LogP contribution is 2.08. The van der Waals surface area contributed by atoms with Crippen LogP contribution in [0.2, 0.25) is 0 Å². The number of nitrogens with one attached hydrogen (secondary N) is 4. The summed E-state index contributed by atoms with van der Waals surface area (Å²) >= 11 is 0. The minimum atomic E-state index is -1.28. The second-order valence-electron chi connectivity index (χ2n) is 9.55. The molecule has 0 radical (unpaired) electrons. The number of aromatic amines is 1. The number of H-pyrrole nitrogens is 1. The van der Waals surface area contributed by atoms with Gasteiger partial charge in [0, 0.05) is 37.7 Å². The van der Waals surface area contributed by atoms with E-state index in [1.54, 1.807) is 30.3 Å². The molecule has 1 aromatic heterocycles. The zero-order chi connectivity index (χ0) is 31.1. The minimum absolute atomic E-state index is 0.00851. The quantitative estimate of drug-likeness (QED) is 0.0498. The number of nitrogens with zero attached hydrogens (tertiary/aromatic N) is 2. The summed E-state index contributed by atoms with van der Waals surface area (Å²) in [6.45, 7) is 0.163. The van der Waals surface area contributed by atoms with Crippen LogP contribution in [-0.4, -0.2) is 81.3 Å².